The maximum Gasteiger partial charge on any atom is 0.418 e. The van der Waals surface area contributed by atoms with Crippen LogP contribution in [0.25, 0.3) is 0 Å². The number of nitrogens with zero attached hydrogens (tertiary/aromatic N) is 4. The number of nitrogens with two attached hydrogens (primary N) is 1. The molecule has 0 radical (unpaired) electrons. The Morgan fingerprint density at radius 3 is 2.43 bits per heavy atom. The Kier molecular flexibility index (Phi) is 9.66. The number of urea groups is 2. The summed E-state index contributed by atoms with van der Waals surface area (Å²) in [4.78, 5) is 48.3. The predicted molar refractivity (Wildman–Crippen MR) is 166 cm³/mol. The molecule has 2 aromatic rings. The summed E-state index contributed by atoms with van der Waals surface area (Å²) in [7, 11) is 3.98. The van der Waals surface area contributed by atoms with Gasteiger partial charge in [-0.2, -0.15) is 13.2 Å². The molecule has 0 aliphatic carbocycles. The van der Waals surface area contributed by atoms with E-state index in [0.717, 1.165) is 29.5 Å². The third-order valence-electron chi connectivity index (χ3n) is 8.79. The topological polar surface area (TPSA) is 114 Å². The number of carbonyl (C=O) groups excluding carboxylic acids is 3. The summed E-state index contributed by atoms with van der Waals surface area (Å²) >= 11 is 4.71. The Hall–Kier alpha value is -3.04. The van der Waals surface area contributed by atoms with E-state index in [1.807, 2.05) is 25.5 Å². The molecule has 1 aromatic carbocycles. The van der Waals surface area contributed by atoms with E-state index >= 15 is 0 Å². The molecule has 3 aliphatic heterocycles. The van der Waals surface area contributed by atoms with Crippen molar-refractivity contribution < 1.29 is 27.6 Å². The standard InChI is InChI=1S/C29H37BrF3N7O3S/c1-37(2)18-3-8-38(9-4-18)26(41)23(15-17-13-20(29(31,32)33)25(34)21(30)14-17)36-27(42)39-10-5-19(6-11-39)40-16-24-22(7-12-44-24)35-28(40)43/h7,12-14,18-19,23H,3-6,8-11,15-16,34H2,1-2H3,(H,35,43)(H,36,42)/t23-/m1/s1. The van der Waals surface area contributed by atoms with Gasteiger partial charge in [0.15, 0.2) is 0 Å². The number of hydrogen-bond acceptors (Lipinski definition) is 6. The van der Waals surface area contributed by atoms with Gasteiger partial charge in [0, 0.05) is 54.0 Å². The zero-order valence-corrected chi connectivity index (χ0v) is 27.0. The van der Waals surface area contributed by atoms with Gasteiger partial charge in [-0.1, -0.05) is 0 Å². The number of nitrogen functional groups attached to an aromatic ring is 1. The second-order valence-electron chi connectivity index (χ2n) is 11.8. The highest BCUT2D eigenvalue weighted by molar-refractivity contribution is 9.10. The predicted octanol–water partition coefficient (Wildman–Crippen LogP) is 4.80. The molecular formula is C29H37BrF3N7O3S. The third-order valence-corrected chi connectivity index (χ3v) is 10.4. The van der Waals surface area contributed by atoms with Crippen LogP contribution in [-0.4, -0.2) is 96.0 Å². The first-order chi connectivity index (χ1) is 20.8. The van der Waals surface area contributed by atoms with Crippen molar-refractivity contribution in [3.05, 3.63) is 44.1 Å². The van der Waals surface area contributed by atoms with Crippen LogP contribution in [0.15, 0.2) is 28.1 Å². The van der Waals surface area contributed by atoms with Crippen LogP contribution in [0.3, 0.4) is 0 Å². The Morgan fingerprint density at radius 1 is 1.14 bits per heavy atom. The van der Waals surface area contributed by atoms with Gasteiger partial charge in [-0.05, 0) is 84.9 Å². The largest absolute Gasteiger partial charge is 0.418 e. The van der Waals surface area contributed by atoms with Crippen molar-refractivity contribution >= 4 is 56.6 Å². The number of rotatable bonds is 6. The highest BCUT2D eigenvalue weighted by Crippen LogP contribution is 2.38. The van der Waals surface area contributed by atoms with Crippen molar-refractivity contribution in [2.45, 2.75) is 63.0 Å². The third kappa shape index (κ3) is 7.09. The summed E-state index contributed by atoms with van der Waals surface area (Å²) in [6.45, 7) is 2.25. The van der Waals surface area contributed by atoms with Crippen LogP contribution < -0.4 is 16.4 Å². The number of benzene rings is 1. The smallest absolute Gasteiger partial charge is 0.397 e. The zero-order valence-electron chi connectivity index (χ0n) is 24.6. The van der Waals surface area contributed by atoms with Crippen LogP contribution >= 0.6 is 27.3 Å². The first-order valence-electron chi connectivity index (χ1n) is 14.6. The van der Waals surface area contributed by atoms with Crippen LogP contribution in [0.4, 0.5) is 34.1 Å². The minimum absolute atomic E-state index is 0.0439. The lowest BCUT2D eigenvalue weighted by Gasteiger charge is -2.40. The van der Waals surface area contributed by atoms with Crippen LogP contribution in [0.2, 0.25) is 0 Å². The lowest BCUT2D eigenvalue weighted by molar-refractivity contribution is -0.137. The molecule has 5 rings (SSSR count). The molecule has 10 nitrogen and oxygen atoms in total. The molecule has 44 heavy (non-hydrogen) atoms. The van der Waals surface area contributed by atoms with Gasteiger partial charge in [-0.3, -0.25) is 4.79 Å². The number of carbonyl (C=O) groups is 3. The minimum atomic E-state index is -4.68. The molecule has 0 bridgehead atoms. The molecule has 0 saturated carbocycles. The first-order valence-corrected chi connectivity index (χ1v) is 16.3. The van der Waals surface area contributed by atoms with E-state index in [-0.39, 0.29) is 34.4 Å². The number of likely N-dealkylation sites (tertiary alicyclic amines) is 2. The normalized spacial score (nSPS) is 19.2. The van der Waals surface area contributed by atoms with Gasteiger partial charge in [-0.25, -0.2) is 9.59 Å². The van der Waals surface area contributed by atoms with E-state index in [9.17, 15) is 27.6 Å². The van der Waals surface area contributed by atoms with E-state index < -0.39 is 29.5 Å². The Balaban J connectivity index is 1.28. The maximum absolute atomic E-state index is 13.8. The molecule has 3 aliphatic rings. The average Bonchev–Trinajstić information content (AvgIpc) is 3.44. The van der Waals surface area contributed by atoms with Crippen LogP contribution in [-0.2, 0) is 23.9 Å². The maximum atomic E-state index is 13.8. The number of anilines is 2. The lowest BCUT2D eigenvalue weighted by atomic mass is 9.99. The number of nitrogens with one attached hydrogen (secondary N) is 2. The zero-order chi connectivity index (χ0) is 31.8. The molecule has 4 heterocycles. The van der Waals surface area contributed by atoms with Gasteiger partial charge in [0.05, 0.1) is 23.5 Å². The van der Waals surface area contributed by atoms with E-state index in [0.29, 0.717) is 51.6 Å². The molecule has 15 heteroatoms. The highest BCUT2D eigenvalue weighted by atomic mass is 79.9. The molecule has 2 fully saturated rings. The number of alkyl halides is 3. The lowest BCUT2D eigenvalue weighted by Crippen LogP contribution is -2.57. The summed E-state index contributed by atoms with van der Waals surface area (Å²) in [5.74, 6) is -0.330. The average molecular weight is 701 g/mol. The summed E-state index contributed by atoms with van der Waals surface area (Å²) in [5.41, 5.74) is 5.34. The van der Waals surface area contributed by atoms with Gasteiger partial charge in [-0.15, -0.1) is 11.3 Å². The van der Waals surface area contributed by atoms with E-state index in [4.69, 9.17) is 5.73 Å². The van der Waals surface area contributed by atoms with E-state index in [2.05, 4.69) is 31.5 Å². The number of halogens is 4. The van der Waals surface area contributed by atoms with E-state index in [1.165, 1.54) is 6.07 Å². The molecule has 2 saturated heterocycles. The fourth-order valence-electron chi connectivity index (χ4n) is 6.19. The quantitative estimate of drug-likeness (QED) is 0.375. The molecular weight excluding hydrogens is 663 g/mol. The van der Waals surface area contributed by atoms with Crippen LogP contribution in [0.5, 0.6) is 0 Å². The minimum Gasteiger partial charge on any atom is -0.397 e. The Bertz CT molecular complexity index is 1390. The number of hydrogen-bond donors (Lipinski definition) is 3. The van der Waals surface area contributed by atoms with Gasteiger partial charge < -0.3 is 36.0 Å². The molecule has 5 amide bonds. The summed E-state index contributed by atoms with van der Waals surface area (Å²) < 4.78 is 41.2. The second-order valence-corrected chi connectivity index (χ2v) is 13.7. The van der Waals surface area contributed by atoms with Gasteiger partial charge >= 0.3 is 18.2 Å². The number of amides is 5. The number of piperidine rings is 2. The van der Waals surface area contributed by atoms with Gasteiger partial charge in [0.2, 0.25) is 5.91 Å². The molecule has 0 spiro atoms. The van der Waals surface area contributed by atoms with Crippen LogP contribution in [0, 0.1) is 0 Å². The molecule has 4 N–H and O–H groups in total. The monoisotopic (exact) mass is 699 g/mol. The van der Waals surface area contributed by atoms with Gasteiger partial charge in [0.25, 0.3) is 0 Å². The SMILES string of the molecule is CN(C)C1CCN(C(=O)[C@@H](Cc2cc(Br)c(N)c(C(F)(F)F)c2)NC(=O)N2CCC(N3Cc4sccc4NC3=O)CC2)CC1. The fraction of sp³-hybridized carbons (Fsp3) is 0.552. The first kappa shape index (κ1) is 32.4. The van der Waals surface area contributed by atoms with Crippen molar-refractivity contribution in [3.8, 4) is 0 Å². The summed E-state index contributed by atoms with van der Waals surface area (Å²) in [6.07, 6.45) is -2.16. The number of thiophene rings is 1. The van der Waals surface area contributed by atoms with Crippen molar-refractivity contribution in [1.29, 1.82) is 0 Å². The van der Waals surface area contributed by atoms with Crippen molar-refractivity contribution in [3.63, 3.8) is 0 Å². The van der Waals surface area contributed by atoms with Crippen molar-refractivity contribution in [2.24, 2.45) is 0 Å². The summed E-state index contributed by atoms with van der Waals surface area (Å²) in [6, 6.07) is 2.88. The molecule has 1 atom stereocenters. The Labute approximate surface area is 266 Å². The fourth-order valence-corrected chi connectivity index (χ4v) is 7.52. The molecule has 1 aromatic heterocycles. The number of fused-ring (bicyclic) bond motifs is 1. The second kappa shape index (κ2) is 13.1. The highest BCUT2D eigenvalue weighted by Gasteiger charge is 2.37. The molecule has 0 unspecified atom stereocenters. The van der Waals surface area contributed by atoms with Crippen molar-refractivity contribution in [2.75, 3.05) is 51.3 Å². The molecule has 240 valence electrons. The van der Waals surface area contributed by atoms with E-state index in [1.54, 1.807) is 26.0 Å². The van der Waals surface area contributed by atoms with Crippen molar-refractivity contribution in [1.82, 2.24) is 24.9 Å². The summed E-state index contributed by atoms with van der Waals surface area (Å²) in [5, 5.41) is 7.70. The van der Waals surface area contributed by atoms with Gasteiger partial charge in [0.1, 0.15) is 6.04 Å². The Morgan fingerprint density at radius 2 is 1.80 bits per heavy atom. The van der Waals surface area contributed by atoms with Crippen LogP contribution in [0.1, 0.15) is 41.7 Å².